The third-order valence-corrected chi connectivity index (χ3v) is 6.39. The summed E-state index contributed by atoms with van der Waals surface area (Å²) < 4.78 is 25.4. The van der Waals surface area contributed by atoms with Gasteiger partial charge in [0.15, 0.2) is 9.84 Å². The number of piperidine rings is 1. The minimum absolute atomic E-state index is 0.0122. The first-order chi connectivity index (χ1) is 12.4. The molecular formula is C19H22N2O4S. The highest BCUT2D eigenvalue weighted by Gasteiger charge is 2.26. The third kappa shape index (κ3) is 4.04. The average molecular weight is 374 g/mol. The van der Waals surface area contributed by atoms with Crippen molar-refractivity contribution < 1.29 is 13.3 Å². The van der Waals surface area contributed by atoms with E-state index >= 15 is 0 Å². The summed E-state index contributed by atoms with van der Waals surface area (Å²) in [6.45, 7) is 3.62. The van der Waals surface area contributed by atoms with Crippen LogP contribution in [-0.4, -0.2) is 26.4 Å². The average Bonchev–Trinajstić information content (AvgIpc) is 2.61. The maximum Gasteiger partial charge on any atom is 0.293 e. The number of nitrogens with zero attached hydrogens (tertiary/aromatic N) is 2. The van der Waals surface area contributed by atoms with E-state index in [2.05, 4.69) is 6.92 Å². The van der Waals surface area contributed by atoms with E-state index in [0.717, 1.165) is 25.9 Å². The smallest absolute Gasteiger partial charge is 0.293 e. The van der Waals surface area contributed by atoms with Crippen molar-refractivity contribution in [1.29, 1.82) is 0 Å². The fourth-order valence-corrected chi connectivity index (χ4v) is 4.76. The first-order valence-electron chi connectivity index (χ1n) is 8.67. The van der Waals surface area contributed by atoms with Gasteiger partial charge in [0, 0.05) is 19.2 Å². The zero-order valence-corrected chi connectivity index (χ0v) is 15.5. The van der Waals surface area contributed by atoms with Gasteiger partial charge in [-0.05, 0) is 36.5 Å². The predicted molar refractivity (Wildman–Crippen MR) is 101 cm³/mol. The minimum Gasteiger partial charge on any atom is -0.366 e. The molecule has 1 heterocycles. The normalized spacial score (nSPS) is 17.9. The molecule has 1 saturated heterocycles. The second-order valence-corrected chi connectivity index (χ2v) is 8.84. The second-order valence-electron chi connectivity index (χ2n) is 6.85. The molecule has 0 N–H and O–H groups in total. The van der Waals surface area contributed by atoms with Crippen LogP contribution >= 0.6 is 0 Å². The molecule has 3 rings (SSSR count). The molecule has 1 aliphatic heterocycles. The topological polar surface area (TPSA) is 80.5 Å². The van der Waals surface area contributed by atoms with Gasteiger partial charge in [-0.3, -0.25) is 10.1 Å². The molecule has 0 aromatic heterocycles. The van der Waals surface area contributed by atoms with Crippen molar-refractivity contribution in [2.75, 3.05) is 18.0 Å². The zero-order chi connectivity index (χ0) is 18.7. The fraction of sp³-hybridized carbons (Fsp3) is 0.368. The summed E-state index contributed by atoms with van der Waals surface area (Å²) in [4.78, 5) is 13.1. The Kier molecular flexibility index (Phi) is 5.27. The summed E-state index contributed by atoms with van der Waals surface area (Å²) >= 11 is 0. The molecule has 2 aromatic rings. The van der Waals surface area contributed by atoms with Gasteiger partial charge >= 0.3 is 0 Å². The number of nitro benzene ring substituents is 1. The molecule has 138 valence electrons. The Morgan fingerprint density at radius 3 is 2.58 bits per heavy atom. The Bertz CT molecular complexity index is 897. The monoisotopic (exact) mass is 374 g/mol. The van der Waals surface area contributed by atoms with Crippen LogP contribution in [0.2, 0.25) is 0 Å². The Balaban J connectivity index is 1.94. The van der Waals surface area contributed by atoms with Crippen LogP contribution < -0.4 is 4.90 Å². The second kappa shape index (κ2) is 7.45. The number of rotatable bonds is 5. The van der Waals surface area contributed by atoms with E-state index in [1.165, 1.54) is 12.1 Å². The van der Waals surface area contributed by atoms with Gasteiger partial charge in [-0.1, -0.05) is 37.3 Å². The van der Waals surface area contributed by atoms with E-state index in [1.54, 1.807) is 30.3 Å². The fourth-order valence-electron chi connectivity index (χ4n) is 3.40. The van der Waals surface area contributed by atoms with Crippen LogP contribution in [0.1, 0.15) is 25.3 Å². The van der Waals surface area contributed by atoms with Crippen molar-refractivity contribution >= 4 is 21.2 Å². The molecule has 0 aliphatic carbocycles. The first-order valence-corrected chi connectivity index (χ1v) is 10.3. The van der Waals surface area contributed by atoms with E-state index in [1.807, 2.05) is 11.0 Å². The Labute approximate surface area is 153 Å². The third-order valence-electron chi connectivity index (χ3n) is 4.70. The molecular weight excluding hydrogens is 352 g/mol. The molecule has 0 bridgehead atoms. The van der Waals surface area contributed by atoms with Crippen LogP contribution in [-0.2, 0) is 15.6 Å². The van der Waals surface area contributed by atoms with Gasteiger partial charge in [0.25, 0.3) is 5.69 Å². The Morgan fingerprint density at radius 2 is 1.92 bits per heavy atom. The summed E-state index contributed by atoms with van der Waals surface area (Å²) in [5, 5.41) is 11.6. The molecule has 6 nitrogen and oxygen atoms in total. The van der Waals surface area contributed by atoms with Crippen molar-refractivity contribution in [2.24, 2.45) is 5.92 Å². The number of nitro groups is 1. The highest BCUT2D eigenvalue weighted by Crippen LogP contribution is 2.34. The van der Waals surface area contributed by atoms with Gasteiger partial charge in [-0.15, -0.1) is 0 Å². The largest absolute Gasteiger partial charge is 0.366 e. The van der Waals surface area contributed by atoms with Gasteiger partial charge in [0.05, 0.1) is 15.6 Å². The predicted octanol–water partition coefficient (Wildman–Crippen LogP) is 3.81. The van der Waals surface area contributed by atoms with Gasteiger partial charge in [-0.2, -0.15) is 0 Å². The van der Waals surface area contributed by atoms with E-state index in [-0.39, 0.29) is 16.3 Å². The summed E-state index contributed by atoms with van der Waals surface area (Å²) in [5.41, 5.74) is 1.01. The van der Waals surface area contributed by atoms with E-state index in [0.29, 0.717) is 17.2 Å². The number of anilines is 1. The van der Waals surface area contributed by atoms with Crippen LogP contribution in [0.15, 0.2) is 53.4 Å². The lowest BCUT2D eigenvalue weighted by molar-refractivity contribution is -0.384. The number of sulfone groups is 1. The molecule has 0 amide bonds. The maximum absolute atomic E-state index is 12.7. The van der Waals surface area contributed by atoms with Crippen molar-refractivity contribution in [3.63, 3.8) is 0 Å². The molecule has 0 spiro atoms. The van der Waals surface area contributed by atoms with E-state index in [4.69, 9.17) is 0 Å². The standard InChI is InChI=1S/C19H22N2O4S/c1-15-6-5-11-20(13-15)18-10-9-17(12-19(18)21(22)23)26(24,25)14-16-7-3-2-4-8-16/h2-4,7-10,12,15H,5-6,11,13-14H2,1H3. The number of benzene rings is 2. The highest BCUT2D eigenvalue weighted by atomic mass is 32.2. The van der Waals surface area contributed by atoms with Crippen LogP contribution in [0.5, 0.6) is 0 Å². The SMILES string of the molecule is CC1CCCN(c2ccc(S(=O)(=O)Cc3ccccc3)cc2[N+](=O)[O-])C1. The molecule has 1 atom stereocenters. The van der Waals surface area contributed by atoms with Crippen LogP contribution in [0.25, 0.3) is 0 Å². The highest BCUT2D eigenvalue weighted by molar-refractivity contribution is 7.90. The number of hydrogen-bond acceptors (Lipinski definition) is 5. The molecule has 1 fully saturated rings. The van der Waals surface area contributed by atoms with Crippen LogP contribution in [0, 0.1) is 16.0 Å². The van der Waals surface area contributed by atoms with E-state index < -0.39 is 14.8 Å². The summed E-state index contributed by atoms with van der Waals surface area (Å²) in [7, 11) is -3.65. The molecule has 0 radical (unpaired) electrons. The maximum atomic E-state index is 12.7. The lowest BCUT2D eigenvalue weighted by Crippen LogP contribution is -2.34. The van der Waals surface area contributed by atoms with Gasteiger partial charge < -0.3 is 4.90 Å². The molecule has 1 unspecified atom stereocenters. The molecule has 7 heteroatoms. The first kappa shape index (κ1) is 18.4. The molecule has 1 aliphatic rings. The van der Waals surface area contributed by atoms with Gasteiger partial charge in [-0.25, -0.2) is 8.42 Å². The van der Waals surface area contributed by atoms with Gasteiger partial charge in [0.1, 0.15) is 5.69 Å². The lowest BCUT2D eigenvalue weighted by atomic mass is 9.99. The summed E-state index contributed by atoms with van der Waals surface area (Å²) in [6.07, 6.45) is 2.08. The van der Waals surface area contributed by atoms with Crippen LogP contribution in [0.3, 0.4) is 0 Å². The van der Waals surface area contributed by atoms with Crippen LogP contribution in [0.4, 0.5) is 11.4 Å². The quantitative estimate of drug-likeness (QED) is 0.587. The van der Waals surface area contributed by atoms with Crippen molar-refractivity contribution in [3.8, 4) is 0 Å². The number of hydrogen-bond donors (Lipinski definition) is 0. The van der Waals surface area contributed by atoms with E-state index in [9.17, 15) is 18.5 Å². The Hall–Kier alpha value is -2.41. The zero-order valence-electron chi connectivity index (χ0n) is 14.7. The Morgan fingerprint density at radius 1 is 1.19 bits per heavy atom. The molecule has 26 heavy (non-hydrogen) atoms. The van der Waals surface area contributed by atoms with Gasteiger partial charge in [0.2, 0.25) is 0 Å². The van der Waals surface area contributed by atoms with Crippen molar-refractivity contribution in [2.45, 2.75) is 30.4 Å². The van der Waals surface area contributed by atoms with Crippen molar-refractivity contribution in [3.05, 3.63) is 64.2 Å². The molecule has 2 aromatic carbocycles. The minimum atomic E-state index is -3.65. The summed E-state index contributed by atoms with van der Waals surface area (Å²) in [6, 6.07) is 13.1. The molecule has 0 saturated carbocycles. The summed E-state index contributed by atoms with van der Waals surface area (Å²) in [5.74, 6) is 0.287. The lowest BCUT2D eigenvalue weighted by Gasteiger charge is -2.32. The van der Waals surface area contributed by atoms with Crippen molar-refractivity contribution in [1.82, 2.24) is 0 Å².